The second-order valence-corrected chi connectivity index (χ2v) is 5.39. The number of nitrogens with zero attached hydrogens (tertiary/aromatic N) is 2. The van der Waals surface area contributed by atoms with Crippen LogP contribution in [0.2, 0.25) is 5.02 Å². The van der Waals surface area contributed by atoms with E-state index in [1.807, 2.05) is 36.7 Å². The summed E-state index contributed by atoms with van der Waals surface area (Å²) in [4.78, 5) is 0. The van der Waals surface area contributed by atoms with Gasteiger partial charge in [-0.2, -0.15) is 5.10 Å². The Labute approximate surface area is 120 Å². The van der Waals surface area contributed by atoms with E-state index in [1.54, 1.807) is 6.20 Å². The average molecular weight is 329 g/mol. The molecule has 0 aliphatic rings. The fraction of sp³-hybridized carbons (Fsp3) is 0.308. The number of aromatic nitrogens is 2. The lowest BCUT2D eigenvalue weighted by atomic mass is 9.99. The van der Waals surface area contributed by atoms with Crippen molar-refractivity contribution in [2.45, 2.75) is 26.4 Å². The molecule has 2 N–H and O–H groups in total. The Balaban J connectivity index is 2.51. The molecule has 0 fully saturated rings. The third kappa shape index (κ3) is 2.32. The van der Waals surface area contributed by atoms with Crippen molar-refractivity contribution in [2.24, 2.45) is 5.73 Å². The largest absolute Gasteiger partial charge is 0.319 e. The molecule has 1 atom stereocenters. The maximum Gasteiger partial charge on any atom is 0.0738 e. The highest BCUT2D eigenvalue weighted by atomic mass is 79.9. The molecule has 0 bridgehead atoms. The van der Waals surface area contributed by atoms with Crippen LogP contribution < -0.4 is 5.73 Å². The van der Waals surface area contributed by atoms with Crippen molar-refractivity contribution in [3.63, 3.8) is 0 Å². The smallest absolute Gasteiger partial charge is 0.0738 e. The van der Waals surface area contributed by atoms with E-state index in [-0.39, 0.29) is 6.04 Å². The van der Waals surface area contributed by atoms with Gasteiger partial charge in [0.05, 0.1) is 22.4 Å². The molecule has 5 heteroatoms. The lowest BCUT2D eigenvalue weighted by Crippen LogP contribution is -2.18. The van der Waals surface area contributed by atoms with Crippen molar-refractivity contribution >= 4 is 27.5 Å². The van der Waals surface area contributed by atoms with Crippen molar-refractivity contribution in [2.75, 3.05) is 0 Å². The zero-order valence-corrected chi connectivity index (χ0v) is 12.7. The summed E-state index contributed by atoms with van der Waals surface area (Å²) in [6.07, 6.45) is 1.78. The number of halogens is 2. The summed E-state index contributed by atoms with van der Waals surface area (Å²) in [5.74, 6) is 0. The Morgan fingerprint density at radius 2 is 2.22 bits per heavy atom. The molecule has 0 aliphatic carbocycles. The number of rotatable bonds is 3. The minimum absolute atomic E-state index is 0.236. The van der Waals surface area contributed by atoms with Gasteiger partial charge in [0.15, 0.2) is 0 Å². The predicted octanol–water partition coefficient (Wildman–Crippen LogP) is 3.68. The van der Waals surface area contributed by atoms with Crippen molar-refractivity contribution < 1.29 is 0 Å². The first kappa shape index (κ1) is 13.6. The van der Waals surface area contributed by atoms with Crippen molar-refractivity contribution in [1.82, 2.24) is 9.78 Å². The fourth-order valence-corrected chi connectivity index (χ4v) is 2.77. The topological polar surface area (TPSA) is 43.8 Å². The van der Waals surface area contributed by atoms with Gasteiger partial charge in [0, 0.05) is 11.6 Å². The first-order valence-corrected chi connectivity index (χ1v) is 6.95. The molecular formula is C13H15BrClN3. The molecule has 0 saturated carbocycles. The summed E-state index contributed by atoms with van der Waals surface area (Å²) in [5.41, 5.74) is 9.38. The molecule has 1 heterocycles. The van der Waals surface area contributed by atoms with E-state index in [1.165, 1.54) is 0 Å². The van der Waals surface area contributed by atoms with Gasteiger partial charge in [-0.1, -0.05) is 23.7 Å². The standard InChI is InChI=1S/C13H15BrClN3/c1-3-18-13(10(14)7-17-18)12(16)9-5-4-6-11(15)8(9)2/h4-7,12H,3,16H2,1-2H3. The fourth-order valence-electron chi connectivity index (χ4n) is 2.04. The van der Waals surface area contributed by atoms with Crippen LogP contribution >= 0.6 is 27.5 Å². The van der Waals surface area contributed by atoms with Crippen LogP contribution in [0, 0.1) is 6.92 Å². The average Bonchev–Trinajstić information content (AvgIpc) is 2.73. The Morgan fingerprint density at radius 3 is 2.89 bits per heavy atom. The Morgan fingerprint density at radius 1 is 1.50 bits per heavy atom. The van der Waals surface area contributed by atoms with E-state index >= 15 is 0 Å². The van der Waals surface area contributed by atoms with E-state index in [9.17, 15) is 0 Å². The second-order valence-electron chi connectivity index (χ2n) is 4.13. The Kier molecular flexibility index (Phi) is 4.10. The van der Waals surface area contributed by atoms with Crippen LogP contribution in [0.4, 0.5) is 0 Å². The summed E-state index contributed by atoms with van der Waals surface area (Å²) in [6, 6.07) is 5.57. The maximum absolute atomic E-state index is 6.36. The van der Waals surface area contributed by atoms with E-state index < -0.39 is 0 Å². The quantitative estimate of drug-likeness (QED) is 0.934. The van der Waals surface area contributed by atoms with Crippen LogP contribution in [-0.2, 0) is 6.54 Å². The zero-order valence-electron chi connectivity index (χ0n) is 10.3. The summed E-state index contributed by atoms with van der Waals surface area (Å²) < 4.78 is 2.82. The lowest BCUT2D eigenvalue weighted by Gasteiger charge is -2.17. The van der Waals surface area contributed by atoms with Gasteiger partial charge in [-0.25, -0.2) is 0 Å². The molecular weight excluding hydrogens is 314 g/mol. The van der Waals surface area contributed by atoms with Crippen LogP contribution in [0.1, 0.15) is 29.8 Å². The van der Waals surface area contributed by atoms with Crippen molar-refractivity contribution in [1.29, 1.82) is 0 Å². The number of hydrogen-bond acceptors (Lipinski definition) is 2. The minimum Gasteiger partial charge on any atom is -0.319 e. The normalized spacial score (nSPS) is 12.7. The van der Waals surface area contributed by atoms with Crippen LogP contribution in [0.15, 0.2) is 28.9 Å². The number of aryl methyl sites for hydroxylation is 1. The van der Waals surface area contributed by atoms with Crippen molar-refractivity contribution in [3.8, 4) is 0 Å². The molecule has 96 valence electrons. The summed E-state index contributed by atoms with van der Waals surface area (Å²) in [6.45, 7) is 4.81. The highest BCUT2D eigenvalue weighted by Crippen LogP contribution is 2.30. The molecule has 0 aliphatic heterocycles. The van der Waals surface area contributed by atoms with Crippen LogP contribution in [0.25, 0.3) is 0 Å². The van der Waals surface area contributed by atoms with Crippen LogP contribution in [0.3, 0.4) is 0 Å². The first-order valence-electron chi connectivity index (χ1n) is 5.78. The van der Waals surface area contributed by atoms with Gasteiger partial charge >= 0.3 is 0 Å². The molecule has 0 amide bonds. The lowest BCUT2D eigenvalue weighted by molar-refractivity contribution is 0.599. The van der Waals surface area contributed by atoms with E-state index in [4.69, 9.17) is 17.3 Å². The van der Waals surface area contributed by atoms with Gasteiger partial charge in [0.25, 0.3) is 0 Å². The monoisotopic (exact) mass is 327 g/mol. The van der Waals surface area contributed by atoms with E-state index in [2.05, 4.69) is 21.0 Å². The molecule has 1 aromatic heterocycles. The Bertz CT molecular complexity index is 565. The number of nitrogens with two attached hydrogens (primary N) is 1. The molecule has 2 aromatic rings. The van der Waals surface area contributed by atoms with E-state index in [0.29, 0.717) is 0 Å². The van der Waals surface area contributed by atoms with Crippen molar-refractivity contribution in [3.05, 3.63) is 50.7 Å². The third-order valence-corrected chi connectivity index (χ3v) is 4.09. The zero-order chi connectivity index (χ0) is 13.3. The molecule has 0 radical (unpaired) electrons. The predicted molar refractivity (Wildman–Crippen MR) is 77.8 cm³/mol. The molecule has 3 nitrogen and oxygen atoms in total. The molecule has 0 saturated heterocycles. The minimum atomic E-state index is -0.236. The van der Waals surface area contributed by atoms with E-state index in [0.717, 1.165) is 32.9 Å². The van der Waals surface area contributed by atoms with Crippen LogP contribution in [-0.4, -0.2) is 9.78 Å². The van der Waals surface area contributed by atoms with Gasteiger partial charge in [0.2, 0.25) is 0 Å². The molecule has 0 spiro atoms. The summed E-state index contributed by atoms with van der Waals surface area (Å²) in [7, 11) is 0. The van der Waals surface area contributed by atoms with Gasteiger partial charge in [-0.05, 0) is 47.0 Å². The van der Waals surface area contributed by atoms with Gasteiger partial charge in [-0.15, -0.1) is 0 Å². The third-order valence-electron chi connectivity index (χ3n) is 3.07. The van der Waals surface area contributed by atoms with Gasteiger partial charge in [0.1, 0.15) is 0 Å². The summed E-state index contributed by atoms with van der Waals surface area (Å²) >= 11 is 9.65. The molecule has 1 unspecified atom stereocenters. The van der Waals surface area contributed by atoms with Gasteiger partial charge in [-0.3, -0.25) is 4.68 Å². The molecule has 18 heavy (non-hydrogen) atoms. The van der Waals surface area contributed by atoms with Gasteiger partial charge < -0.3 is 5.73 Å². The number of benzene rings is 1. The second kappa shape index (κ2) is 5.43. The molecule has 2 rings (SSSR count). The molecule has 1 aromatic carbocycles. The number of hydrogen-bond donors (Lipinski definition) is 1. The van der Waals surface area contributed by atoms with Crippen LogP contribution in [0.5, 0.6) is 0 Å². The maximum atomic E-state index is 6.36. The highest BCUT2D eigenvalue weighted by molar-refractivity contribution is 9.10. The Hall–Kier alpha value is -0.840. The first-order chi connectivity index (χ1) is 8.56. The summed E-state index contributed by atoms with van der Waals surface area (Å²) in [5, 5.41) is 5.03. The highest BCUT2D eigenvalue weighted by Gasteiger charge is 2.19. The SMILES string of the molecule is CCn1ncc(Br)c1C(N)c1cccc(Cl)c1C.